The molecule has 6 heteroatoms. The highest BCUT2D eigenvalue weighted by Gasteiger charge is 2.23. The average Bonchev–Trinajstić information content (AvgIpc) is 2.83. The summed E-state index contributed by atoms with van der Waals surface area (Å²) in [6, 6.07) is 20.9. The molecule has 0 spiro atoms. The number of hydrogen-bond donors (Lipinski definition) is 1. The minimum Gasteiger partial charge on any atom is -0.322 e. The summed E-state index contributed by atoms with van der Waals surface area (Å²) >= 11 is 12.9. The highest BCUT2D eigenvalue weighted by molar-refractivity contribution is 6.36. The maximum absolute atomic E-state index is 14.9. The first-order chi connectivity index (χ1) is 16.3. The number of benzene rings is 3. The summed E-state index contributed by atoms with van der Waals surface area (Å²) in [5.74, 6) is -0.452. The Labute approximate surface area is 208 Å². The van der Waals surface area contributed by atoms with Gasteiger partial charge in [0.15, 0.2) is 0 Å². The van der Waals surface area contributed by atoms with Crippen LogP contribution in [0.4, 0.5) is 4.39 Å². The largest absolute Gasteiger partial charge is 0.322 e. The van der Waals surface area contributed by atoms with Crippen molar-refractivity contribution in [2.24, 2.45) is 5.73 Å². The molecule has 4 aromatic rings. The maximum Gasteiger partial charge on any atom is 0.259 e. The molecule has 174 valence electrons. The van der Waals surface area contributed by atoms with Crippen LogP contribution in [0.5, 0.6) is 0 Å². The van der Waals surface area contributed by atoms with E-state index in [1.165, 1.54) is 6.07 Å². The number of nitrogens with two attached hydrogens (primary N) is 1. The first-order valence-corrected chi connectivity index (χ1v) is 11.8. The van der Waals surface area contributed by atoms with Crippen molar-refractivity contribution >= 4 is 23.2 Å². The van der Waals surface area contributed by atoms with Crippen molar-refractivity contribution in [1.29, 1.82) is 0 Å². The van der Waals surface area contributed by atoms with Crippen LogP contribution in [0.25, 0.3) is 11.1 Å². The van der Waals surface area contributed by atoms with Gasteiger partial charge in [-0.1, -0.05) is 77.8 Å². The lowest BCUT2D eigenvalue weighted by Crippen LogP contribution is -2.31. The van der Waals surface area contributed by atoms with Crippen LogP contribution in [0.1, 0.15) is 34.0 Å². The van der Waals surface area contributed by atoms with Gasteiger partial charge in [-0.3, -0.25) is 4.79 Å². The fourth-order valence-corrected chi connectivity index (χ4v) is 4.91. The van der Waals surface area contributed by atoms with E-state index in [-0.39, 0.29) is 17.7 Å². The summed E-state index contributed by atoms with van der Waals surface area (Å²) in [6.07, 6.45) is 0.401. The Bertz CT molecular complexity index is 1380. The van der Waals surface area contributed by atoms with Crippen molar-refractivity contribution in [2.75, 3.05) is 0 Å². The summed E-state index contributed by atoms with van der Waals surface area (Å²) in [4.78, 5) is 13.8. The molecule has 0 bridgehead atoms. The molecule has 0 saturated heterocycles. The van der Waals surface area contributed by atoms with Crippen LogP contribution in [0.15, 0.2) is 77.6 Å². The van der Waals surface area contributed by atoms with E-state index in [0.717, 1.165) is 22.4 Å². The van der Waals surface area contributed by atoms with E-state index in [0.29, 0.717) is 27.6 Å². The summed E-state index contributed by atoms with van der Waals surface area (Å²) in [5.41, 5.74) is 10.8. The molecule has 34 heavy (non-hydrogen) atoms. The molecule has 3 aromatic carbocycles. The van der Waals surface area contributed by atoms with Gasteiger partial charge in [-0.05, 0) is 54.3 Å². The van der Waals surface area contributed by atoms with Gasteiger partial charge in [0.25, 0.3) is 5.56 Å². The second-order valence-corrected chi connectivity index (χ2v) is 9.17. The lowest BCUT2D eigenvalue weighted by molar-refractivity contribution is 0.547. The van der Waals surface area contributed by atoms with E-state index in [9.17, 15) is 9.18 Å². The van der Waals surface area contributed by atoms with Crippen molar-refractivity contribution < 1.29 is 4.39 Å². The van der Waals surface area contributed by atoms with E-state index in [1.807, 2.05) is 44.2 Å². The van der Waals surface area contributed by atoms with Crippen LogP contribution in [-0.4, -0.2) is 4.57 Å². The Balaban J connectivity index is 1.94. The van der Waals surface area contributed by atoms with Crippen LogP contribution in [0, 0.1) is 19.7 Å². The van der Waals surface area contributed by atoms with E-state index in [2.05, 4.69) is 0 Å². The predicted molar refractivity (Wildman–Crippen MR) is 138 cm³/mol. The number of halogens is 3. The fourth-order valence-electron chi connectivity index (χ4n) is 4.37. The molecule has 0 amide bonds. The highest BCUT2D eigenvalue weighted by Crippen LogP contribution is 2.32. The van der Waals surface area contributed by atoms with E-state index >= 15 is 0 Å². The van der Waals surface area contributed by atoms with Crippen molar-refractivity contribution in [3.8, 4) is 11.1 Å². The van der Waals surface area contributed by atoms with Crippen molar-refractivity contribution in [1.82, 2.24) is 4.57 Å². The smallest absolute Gasteiger partial charge is 0.259 e. The number of nitrogens with zero attached hydrogens (tertiary/aromatic N) is 1. The molecular formula is C28H25Cl2FN2O. The Morgan fingerprint density at radius 2 is 1.50 bits per heavy atom. The lowest BCUT2D eigenvalue weighted by Gasteiger charge is -2.23. The molecule has 1 aromatic heterocycles. The number of pyridine rings is 1. The zero-order valence-corrected chi connectivity index (χ0v) is 20.5. The minimum absolute atomic E-state index is 0.250. The summed E-state index contributed by atoms with van der Waals surface area (Å²) < 4.78 is 16.5. The molecular weight excluding hydrogens is 470 g/mol. The molecule has 1 heterocycles. The molecule has 0 fully saturated rings. The van der Waals surface area contributed by atoms with Gasteiger partial charge in [-0.2, -0.15) is 0 Å². The van der Waals surface area contributed by atoms with Crippen molar-refractivity contribution in [3.63, 3.8) is 0 Å². The van der Waals surface area contributed by atoms with Gasteiger partial charge in [0.1, 0.15) is 5.82 Å². The van der Waals surface area contributed by atoms with Crippen molar-refractivity contribution in [3.05, 3.63) is 127 Å². The molecule has 0 aliphatic carbocycles. The second-order valence-electron chi connectivity index (χ2n) is 8.35. The van der Waals surface area contributed by atoms with Crippen LogP contribution in [0.3, 0.4) is 0 Å². The number of aromatic nitrogens is 1. The Morgan fingerprint density at radius 1 is 0.882 bits per heavy atom. The summed E-state index contributed by atoms with van der Waals surface area (Å²) in [6.45, 7) is 3.98. The number of hydrogen-bond acceptors (Lipinski definition) is 2. The molecule has 3 nitrogen and oxygen atoms in total. The van der Waals surface area contributed by atoms with Gasteiger partial charge < -0.3 is 10.3 Å². The van der Waals surface area contributed by atoms with Crippen LogP contribution in [0.2, 0.25) is 10.0 Å². The van der Waals surface area contributed by atoms with Gasteiger partial charge in [-0.25, -0.2) is 4.39 Å². The molecule has 2 N–H and O–H groups in total. The highest BCUT2D eigenvalue weighted by atomic mass is 35.5. The van der Waals surface area contributed by atoms with Gasteiger partial charge in [0.05, 0.1) is 5.56 Å². The monoisotopic (exact) mass is 494 g/mol. The minimum atomic E-state index is -0.452. The molecule has 0 aliphatic heterocycles. The molecule has 0 saturated carbocycles. The molecule has 1 unspecified atom stereocenters. The molecule has 1 atom stereocenters. The van der Waals surface area contributed by atoms with Gasteiger partial charge in [0.2, 0.25) is 0 Å². The first kappa shape index (κ1) is 24.2. The van der Waals surface area contributed by atoms with Gasteiger partial charge >= 0.3 is 0 Å². The topological polar surface area (TPSA) is 48.0 Å². The summed E-state index contributed by atoms with van der Waals surface area (Å²) in [7, 11) is 0. The van der Waals surface area contributed by atoms with Crippen LogP contribution in [-0.2, 0) is 13.0 Å². The number of rotatable bonds is 6. The van der Waals surface area contributed by atoms with E-state index in [1.54, 1.807) is 41.0 Å². The van der Waals surface area contributed by atoms with Gasteiger partial charge in [-0.15, -0.1) is 0 Å². The quantitative estimate of drug-likeness (QED) is 0.317. The van der Waals surface area contributed by atoms with E-state index < -0.39 is 11.9 Å². The Kier molecular flexibility index (Phi) is 7.22. The van der Waals surface area contributed by atoms with Crippen LogP contribution >= 0.6 is 23.2 Å². The third kappa shape index (κ3) is 4.67. The molecule has 0 radical (unpaired) electrons. The molecule has 0 aliphatic rings. The third-order valence-electron chi connectivity index (χ3n) is 6.29. The summed E-state index contributed by atoms with van der Waals surface area (Å²) in [5, 5.41) is 1.08. The second kappa shape index (κ2) is 10.1. The standard InChI is InChI=1S/C28H25Cl2FN2O/c1-17-21(15-22-23(29)12-8-13-24(22)30)18(2)33(16-26(32)19-9-4-3-5-10-19)28(34)27(17)20-11-6-7-14-25(20)31/h3-14,26H,15-16,32H2,1-2H3. The predicted octanol–water partition coefficient (Wildman–Crippen LogP) is 6.87. The van der Waals surface area contributed by atoms with Crippen molar-refractivity contribution in [2.45, 2.75) is 32.9 Å². The van der Waals surface area contributed by atoms with E-state index in [4.69, 9.17) is 28.9 Å². The maximum atomic E-state index is 14.9. The Morgan fingerprint density at radius 3 is 2.15 bits per heavy atom. The first-order valence-electron chi connectivity index (χ1n) is 11.0. The van der Waals surface area contributed by atoms with Gasteiger partial charge in [0, 0.05) is 40.3 Å². The third-order valence-corrected chi connectivity index (χ3v) is 7.00. The Hall–Kier alpha value is -2.92. The molecule has 4 rings (SSSR count). The lowest BCUT2D eigenvalue weighted by atomic mass is 9.92. The zero-order valence-electron chi connectivity index (χ0n) is 19.0. The average molecular weight is 495 g/mol. The zero-order chi connectivity index (χ0) is 24.4. The van der Waals surface area contributed by atoms with Crippen LogP contribution < -0.4 is 11.3 Å². The normalized spacial score (nSPS) is 12.1. The fraction of sp³-hybridized carbons (Fsp3) is 0.179. The SMILES string of the molecule is Cc1c(Cc2c(Cl)cccc2Cl)c(C)n(CC(N)c2ccccc2)c(=O)c1-c1ccccc1F.